The first-order valence-corrected chi connectivity index (χ1v) is 8.30. The van der Waals surface area contributed by atoms with E-state index in [9.17, 15) is 0 Å². The number of nitrogens with one attached hydrogen (secondary N) is 2. The SMILES string of the molecule is CCc1ccccc1NC(=S)Nc1ccc(C(C)CC)cc1. The van der Waals surface area contributed by atoms with E-state index in [-0.39, 0.29) is 0 Å². The average Bonchev–Trinajstić information content (AvgIpc) is 2.55. The minimum Gasteiger partial charge on any atom is -0.332 e. The summed E-state index contributed by atoms with van der Waals surface area (Å²) in [4.78, 5) is 0. The molecular weight excluding hydrogens is 288 g/mol. The fourth-order valence-electron chi connectivity index (χ4n) is 2.37. The average molecular weight is 312 g/mol. The monoisotopic (exact) mass is 312 g/mol. The van der Waals surface area contributed by atoms with E-state index in [1.165, 1.54) is 11.1 Å². The van der Waals surface area contributed by atoms with Gasteiger partial charge in [0.25, 0.3) is 0 Å². The summed E-state index contributed by atoms with van der Waals surface area (Å²) in [5.41, 5.74) is 4.71. The lowest BCUT2D eigenvalue weighted by Crippen LogP contribution is -2.19. The highest BCUT2D eigenvalue weighted by Gasteiger charge is 2.05. The molecule has 0 saturated heterocycles. The van der Waals surface area contributed by atoms with E-state index in [1.807, 2.05) is 12.1 Å². The molecule has 2 N–H and O–H groups in total. The molecule has 2 nitrogen and oxygen atoms in total. The van der Waals surface area contributed by atoms with Crippen molar-refractivity contribution in [2.75, 3.05) is 10.6 Å². The smallest absolute Gasteiger partial charge is 0.175 e. The van der Waals surface area contributed by atoms with E-state index in [4.69, 9.17) is 12.2 Å². The quantitative estimate of drug-likeness (QED) is 0.706. The molecule has 0 heterocycles. The van der Waals surface area contributed by atoms with Crippen molar-refractivity contribution in [3.8, 4) is 0 Å². The van der Waals surface area contributed by atoms with Gasteiger partial charge in [-0.1, -0.05) is 51.1 Å². The van der Waals surface area contributed by atoms with Crippen LogP contribution in [0, 0.1) is 0 Å². The van der Waals surface area contributed by atoms with E-state index < -0.39 is 0 Å². The third-order valence-electron chi connectivity index (χ3n) is 4.00. The second-order valence-electron chi connectivity index (χ2n) is 5.52. The fraction of sp³-hybridized carbons (Fsp3) is 0.316. The number of aryl methyl sites for hydroxylation is 1. The van der Waals surface area contributed by atoms with Gasteiger partial charge in [-0.05, 0) is 60.3 Å². The third-order valence-corrected chi connectivity index (χ3v) is 4.20. The number of anilines is 2. The van der Waals surface area contributed by atoms with Crippen molar-refractivity contribution in [3.05, 3.63) is 59.7 Å². The number of benzene rings is 2. The van der Waals surface area contributed by atoms with Crippen LogP contribution in [0.4, 0.5) is 11.4 Å². The van der Waals surface area contributed by atoms with Gasteiger partial charge in [-0.15, -0.1) is 0 Å². The summed E-state index contributed by atoms with van der Waals surface area (Å²) < 4.78 is 0. The van der Waals surface area contributed by atoms with Gasteiger partial charge in [-0.3, -0.25) is 0 Å². The summed E-state index contributed by atoms with van der Waals surface area (Å²) in [6.45, 7) is 6.60. The second kappa shape index (κ2) is 7.95. The van der Waals surface area contributed by atoms with Gasteiger partial charge in [0.1, 0.15) is 0 Å². The molecule has 0 radical (unpaired) electrons. The first-order chi connectivity index (χ1) is 10.6. The van der Waals surface area contributed by atoms with Gasteiger partial charge in [0.05, 0.1) is 0 Å². The molecule has 0 amide bonds. The minimum absolute atomic E-state index is 0.593. The summed E-state index contributed by atoms with van der Waals surface area (Å²) in [6, 6.07) is 16.7. The highest BCUT2D eigenvalue weighted by atomic mass is 32.1. The van der Waals surface area contributed by atoms with Gasteiger partial charge in [0, 0.05) is 11.4 Å². The molecule has 0 bridgehead atoms. The highest BCUT2D eigenvalue weighted by Crippen LogP contribution is 2.21. The van der Waals surface area contributed by atoms with Crippen molar-refractivity contribution in [1.29, 1.82) is 0 Å². The molecule has 116 valence electrons. The van der Waals surface area contributed by atoms with Gasteiger partial charge < -0.3 is 10.6 Å². The molecule has 1 atom stereocenters. The van der Waals surface area contributed by atoms with Gasteiger partial charge >= 0.3 is 0 Å². The molecule has 2 rings (SSSR count). The molecule has 0 fully saturated rings. The molecule has 2 aromatic rings. The Morgan fingerprint density at radius 3 is 2.32 bits per heavy atom. The Morgan fingerprint density at radius 2 is 1.68 bits per heavy atom. The lowest BCUT2D eigenvalue weighted by atomic mass is 9.99. The van der Waals surface area contributed by atoms with Crippen molar-refractivity contribution < 1.29 is 0 Å². The number of hydrogen-bond acceptors (Lipinski definition) is 1. The highest BCUT2D eigenvalue weighted by molar-refractivity contribution is 7.80. The topological polar surface area (TPSA) is 24.1 Å². The fourth-order valence-corrected chi connectivity index (χ4v) is 2.59. The molecule has 3 heteroatoms. The molecule has 2 aromatic carbocycles. The first kappa shape index (κ1) is 16.5. The van der Waals surface area contributed by atoms with Crippen molar-refractivity contribution in [2.45, 2.75) is 39.5 Å². The number of para-hydroxylation sites is 1. The summed E-state index contributed by atoms with van der Waals surface area (Å²) in [6.07, 6.45) is 2.13. The minimum atomic E-state index is 0.593. The largest absolute Gasteiger partial charge is 0.332 e. The van der Waals surface area contributed by atoms with Crippen LogP contribution in [0.1, 0.15) is 44.2 Å². The predicted octanol–water partition coefficient (Wildman–Crippen LogP) is 5.57. The second-order valence-corrected chi connectivity index (χ2v) is 5.93. The summed E-state index contributed by atoms with van der Waals surface area (Å²) in [5, 5.41) is 7.15. The van der Waals surface area contributed by atoms with Crippen LogP contribution >= 0.6 is 12.2 Å². The molecule has 0 aromatic heterocycles. The number of thiocarbonyl (C=S) groups is 1. The van der Waals surface area contributed by atoms with Crippen LogP contribution in [-0.2, 0) is 6.42 Å². The number of hydrogen-bond donors (Lipinski definition) is 2. The van der Waals surface area contributed by atoms with Crippen LogP contribution in [0.3, 0.4) is 0 Å². The molecule has 0 aliphatic carbocycles. The van der Waals surface area contributed by atoms with Crippen LogP contribution in [0.25, 0.3) is 0 Å². The lowest BCUT2D eigenvalue weighted by Gasteiger charge is -2.14. The zero-order valence-electron chi connectivity index (χ0n) is 13.5. The normalized spacial score (nSPS) is 11.8. The first-order valence-electron chi connectivity index (χ1n) is 7.89. The van der Waals surface area contributed by atoms with Crippen LogP contribution in [0.5, 0.6) is 0 Å². The Hall–Kier alpha value is -1.87. The van der Waals surface area contributed by atoms with Crippen molar-refractivity contribution in [2.24, 2.45) is 0 Å². The van der Waals surface area contributed by atoms with E-state index in [2.05, 4.69) is 67.8 Å². The van der Waals surface area contributed by atoms with Gasteiger partial charge in [0.15, 0.2) is 5.11 Å². The van der Waals surface area contributed by atoms with Crippen LogP contribution in [0.15, 0.2) is 48.5 Å². The van der Waals surface area contributed by atoms with Crippen LogP contribution in [-0.4, -0.2) is 5.11 Å². The van der Waals surface area contributed by atoms with Crippen molar-refractivity contribution >= 4 is 28.7 Å². The maximum Gasteiger partial charge on any atom is 0.175 e. The van der Waals surface area contributed by atoms with E-state index in [0.717, 1.165) is 24.2 Å². The lowest BCUT2D eigenvalue weighted by molar-refractivity contribution is 0.734. The van der Waals surface area contributed by atoms with Crippen molar-refractivity contribution in [3.63, 3.8) is 0 Å². The maximum absolute atomic E-state index is 5.41. The zero-order valence-corrected chi connectivity index (χ0v) is 14.3. The Kier molecular flexibility index (Phi) is 5.96. The molecule has 1 unspecified atom stereocenters. The summed E-state index contributed by atoms with van der Waals surface area (Å²) in [5.74, 6) is 0.593. The predicted molar refractivity (Wildman–Crippen MR) is 101 cm³/mol. The van der Waals surface area contributed by atoms with Gasteiger partial charge in [0.2, 0.25) is 0 Å². The Labute approximate surface area is 139 Å². The van der Waals surface area contributed by atoms with E-state index >= 15 is 0 Å². The molecule has 0 aliphatic rings. The van der Waals surface area contributed by atoms with Gasteiger partial charge in [-0.25, -0.2) is 0 Å². The molecule has 0 saturated carbocycles. The number of rotatable bonds is 5. The van der Waals surface area contributed by atoms with Crippen molar-refractivity contribution in [1.82, 2.24) is 0 Å². The molecule has 0 aliphatic heterocycles. The summed E-state index contributed by atoms with van der Waals surface area (Å²) in [7, 11) is 0. The Morgan fingerprint density at radius 1 is 1.00 bits per heavy atom. The summed E-state index contributed by atoms with van der Waals surface area (Å²) >= 11 is 5.41. The van der Waals surface area contributed by atoms with Crippen LogP contribution < -0.4 is 10.6 Å². The molecular formula is C19H24N2S. The molecule has 0 spiro atoms. The van der Waals surface area contributed by atoms with E-state index in [1.54, 1.807) is 0 Å². The standard InChI is InChI=1S/C19H24N2S/c1-4-14(3)16-10-12-17(13-11-16)20-19(22)21-18-9-7-6-8-15(18)5-2/h6-14H,4-5H2,1-3H3,(H2,20,21,22). The van der Waals surface area contributed by atoms with E-state index in [0.29, 0.717) is 11.0 Å². The zero-order chi connectivity index (χ0) is 15.9. The maximum atomic E-state index is 5.41. The Bertz CT molecular complexity index is 620. The van der Waals surface area contributed by atoms with Crippen LogP contribution in [0.2, 0.25) is 0 Å². The Balaban J connectivity index is 2.00. The molecule has 22 heavy (non-hydrogen) atoms. The van der Waals surface area contributed by atoms with Gasteiger partial charge in [-0.2, -0.15) is 0 Å². The third kappa shape index (κ3) is 4.31.